The molecule has 1 heterocycles. The summed E-state index contributed by atoms with van der Waals surface area (Å²) in [6, 6.07) is 5.74. The van der Waals surface area contributed by atoms with Crippen LogP contribution in [0.5, 0.6) is 0 Å². The molecule has 0 aliphatic carbocycles. The van der Waals surface area contributed by atoms with Crippen molar-refractivity contribution >= 4 is 23.2 Å². The number of nitrogens with two attached hydrogens (primary N) is 1. The molecule has 0 saturated carbocycles. The van der Waals surface area contributed by atoms with Gasteiger partial charge < -0.3 is 16.0 Å². The number of carbonyl (C=O) groups excluding carboxylic acids is 1. The van der Waals surface area contributed by atoms with Gasteiger partial charge in [-0.2, -0.15) is 0 Å². The van der Waals surface area contributed by atoms with Gasteiger partial charge in [0.1, 0.15) is 0 Å². The van der Waals surface area contributed by atoms with Crippen LogP contribution in [-0.4, -0.2) is 31.6 Å². The van der Waals surface area contributed by atoms with Gasteiger partial charge in [-0.15, -0.1) is 0 Å². The largest absolute Gasteiger partial charge is 0.369 e. The maximum absolute atomic E-state index is 11.7. The average molecular weight is 310 g/mol. The van der Waals surface area contributed by atoms with Crippen LogP contribution in [0.4, 0.5) is 5.69 Å². The maximum Gasteiger partial charge on any atom is 0.250 e. The molecular weight excluding hydrogens is 286 g/mol. The van der Waals surface area contributed by atoms with E-state index in [1.54, 1.807) is 12.1 Å². The number of hydrogen-bond acceptors (Lipinski definition) is 3. The van der Waals surface area contributed by atoms with Gasteiger partial charge in [-0.3, -0.25) is 4.79 Å². The fraction of sp³-hybridized carbons (Fsp3) is 0.562. The van der Waals surface area contributed by atoms with Crippen LogP contribution in [0, 0.1) is 5.92 Å². The molecule has 5 heteroatoms. The minimum atomic E-state index is -0.408. The number of carbonyl (C=O) groups is 1. The van der Waals surface area contributed by atoms with Gasteiger partial charge in [-0.1, -0.05) is 25.4 Å². The van der Waals surface area contributed by atoms with E-state index < -0.39 is 5.91 Å². The number of primary amides is 1. The quantitative estimate of drug-likeness (QED) is 0.849. The second-order valence-electron chi connectivity index (χ2n) is 6.12. The number of anilines is 1. The molecule has 1 aliphatic heterocycles. The van der Waals surface area contributed by atoms with Gasteiger partial charge >= 0.3 is 0 Å². The van der Waals surface area contributed by atoms with Gasteiger partial charge in [0.25, 0.3) is 5.91 Å². The molecule has 21 heavy (non-hydrogen) atoms. The van der Waals surface area contributed by atoms with Crippen LogP contribution in [0.3, 0.4) is 0 Å². The molecule has 1 fully saturated rings. The van der Waals surface area contributed by atoms with Gasteiger partial charge in [0.05, 0.1) is 11.3 Å². The van der Waals surface area contributed by atoms with Crippen LogP contribution in [-0.2, 0) is 0 Å². The van der Waals surface area contributed by atoms with Crippen molar-refractivity contribution < 1.29 is 4.79 Å². The lowest BCUT2D eigenvalue weighted by Gasteiger charge is -2.31. The van der Waals surface area contributed by atoms with Crippen molar-refractivity contribution in [1.82, 2.24) is 5.32 Å². The number of amides is 1. The first-order chi connectivity index (χ1) is 9.97. The SMILES string of the molecule is CC(C)CN(CC1CCCN1)c1cc(Cl)ccc1C(N)=O. The summed E-state index contributed by atoms with van der Waals surface area (Å²) in [6.07, 6.45) is 2.37. The monoisotopic (exact) mass is 309 g/mol. The average Bonchev–Trinajstić information content (AvgIpc) is 2.90. The van der Waals surface area contributed by atoms with Crippen molar-refractivity contribution in [1.29, 1.82) is 0 Å². The number of nitrogens with one attached hydrogen (secondary N) is 1. The van der Waals surface area contributed by atoms with E-state index in [1.165, 1.54) is 12.8 Å². The summed E-state index contributed by atoms with van der Waals surface area (Å²) in [5.74, 6) is 0.0842. The molecule has 0 bridgehead atoms. The highest BCUT2D eigenvalue weighted by Crippen LogP contribution is 2.26. The van der Waals surface area contributed by atoms with Crippen molar-refractivity contribution in [3.63, 3.8) is 0 Å². The third kappa shape index (κ3) is 4.35. The van der Waals surface area contributed by atoms with Gasteiger partial charge in [0, 0.05) is 24.2 Å². The molecular formula is C16H24ClN3O. The predicted molar refractivity (Wildman–Crippen MR) is 88.0 cm³/mol. The Morgan fingerprint density at radius 2 is 2.29 bits per heavy atom. The lowest BCUT2D eigenvalue weighted by molar-refractivity contribution is 0.100. The fourth-order valence-corrected chi connectivity index (χ4v) is 3.03. The summed E-state index contributed by atoms with van der Waals surface area (Å²) < 4.78 is 0. The second kappa shape index (κ2) is 7.14. The normalized spacial score (nSPS) is 18.2. The Bertz CT molecular complexity index is 498. The van der Waals surface area contributed by atoms with Crippen molar-refractivity contribution in [2.75, 3.05) is 24.5 Å². The first-order valence-electron chi connectivity index (χ1n) is 7.55. The second-order valence-corrected chi connectivity index (χ2v) is 6.55. The summed E-state index contributed by atoms with van der Waals surface area (Å²) in [5.41, 5.74) is 6.90. The molecule has 116 valence electrons. The first-order valence-corrected chi connectivity index (χ1v) is 7.93. The zero-order valence-electron chi connectivity index (χ0n) is 12.7. The summed E-state index contributed by atoms with van der Waals surface area (Å²) in [7, 11) is 0. The molecule has 0 spiro atoms. The number of nitrogens with zero attached hydrogens (tertiary/aromatic N) is 1. The highest BCUT2D eigenvalue weighted by Gasteiger charge is 2.22. The molecule has 0 aromatic heterocycles. The molecule has 1 atom stereocenters. The highest BCUT2D eigenvalue weighted by atomic mass is 35.5. The predicted octanol–water partition coefficient (Wildman–Crippen LogP) is 2.65. The lowest BCUT2D eigenvalue weighted by Crippen LogP contribution is -2.40. The lowest BCUT2D eigenvalue weighted by atomic mass is 10.1. The number of benzene rings is 1. The minimum Gasteiger partial charge on any atom is -0.369 e. The van der Waals surface area contributed by atoms with E-state index in [0.29, 0.717) is 22.5 Å². The van der Waals surface area contributed by atoms with E-state index >= 15 is 0 Å². The molecule has 4 nitrogen and oxygen atoms in total. The summed E-state index contributed by atoms with van der Waals surface area (Å²) in [6.45, 7) is 7.16. The molecule has 1 saturated heterocycles. The summed E-state index contributed by atoms with van der Waals surface area (Å²) in [5, 5.41) is 4.13. The smallest absolute Gasteiger partial charge is 0.250 e. The fourth-order valence-electron chi connectivity index (χ4n) is 2.87. The highest BCUT2D eigenvalue weighted by molar-refractivity contribution is 6.31. The number of hydrogen-bond donors (Lipinski definition) is 2. The molecule has 1 amide bonds. The van der Waals surface area contributed by atoms with E-state index in [4.69, 9.17) is 17.3 Å². The van der Waals surface area contributed by atoms with E-state index in [2.05, 4.69) is 24.1 Å². The zero-order chi connectivity index (χ0) is 15.4. The topological polar surface area (TPSA) is 58.4 Å². The van der Waals surface area contributed by atoms with Crippen LogP contribution in [0.25, 0.3) is 0 Å². The van der Waals surface area contributed by atoms with Gasteiger partial charge in [0.15, 0.2) is 0 Å². The molecule has 1 aliphatic rings. The molecule has 3 N–H and O–H groups in total. The molecule has 1 unspecified atom stereocenters. The summed E-state index contributed by atoms with van der Waals surface area (Å²) >= 11 is 6.12. The Morgan fingerprint density at radius 1 is 1.52 bits per heavy atom. The van der Waals surface area contributed by atoms with Crippen molar-refractivity contribution in [3.05, 3.63) is 28.8 Å². The van der Waals surface area contributed by atoms with Crippen molar-refractivity contribution in [2.45, 2.75) is 32.7 Å². The zero-order valence-corrected chi connectivity index (χ0v) is 13.5. The van der Waals surface area contributed by atoms with E-state index in [0.717, 1.165) is 25.3 Å². The van der Waals surface area contributed by atoms with Crippen molar-refractivity contribution in [3.8, 4) is 0 Å². The Morgan fingerprint density at radius 3 is 2.86 bits per heavy atom. The standard InChI is InChI=1S/C16H24ClN3O/c1-11(2)9-20(10-13-4-3-7-19-13)15-8-12(17)5-6-14(15)16(18)21/h5-6,8,11,13,19H,3-4,7,9-10H2,1-2H3,(H2,18,21). The Balaban J connectivity index is 2.29. The molecule has 1 aromatic carbocycles. The third-order valence-corrected chi connectivity index (χ3v) is 3.99. The van der Waals surface area contributed by atoms with E-state index in [-0.39, 0.29) is 0 Å². The third-order valence-electron chi connectivity index (χ3n) is 3.75. The van der Waals surface area contributed by atoms with Crippen LogP contribution < -0.4 is 16.0 Å². The van der Waals surface area contributed by atoms with Crippen LogP contribution in [0.15, 0.2) is 18.2 Å². The summed E-state index contributed by atoms with van der Waals surface area (Å²) in [4.78, 5) is 13.9. The number of halogens is 1. The first kappa shape index (κ1) is 16.1. The van der Waals surface area contributed by atoms with Crippen LogP contribution >= 0.6 is 11.6 Å². The van der Waals surface area contributed by atoms with E-state index in [9.17, 15) is 4.79 Å². The van der Waals surface area contributed by atoms with Crippen molar-refractivity contribution in [2.24, 2.45) is 11.7 Å². The van der Waals surface area contributed by atoms with Gasteiger partial charge in [0.2, 0.25) is 0 Å². The van der Waals surface area contributed by atoms with Gasteiger partial charge in [-0.25, -0.2) is 0 Å². The van der Waals surface area contributed by atoms with Gasteiger partial charge in [-0.05, 0) is 43.5 Å². The molecule has 2 rings (SSSR count). The van der Waals surface area contributed by atoms with Crippen LogP contribution in [0.2, 0.25) is 5.02 Å². The Hall–Kier alpha value is -1.26. The van der Waals surface area contributed by atoms with Crippen LogP contribution in [0.1, 0.15) is 37.0 Å². The Kier molecular flexibility index (Phi) is 5.48. The molecule has 0 radical (unpaired) electrons. The van der Waals surface area contributed by atoms with E-state index in [1.807, 2.05) is 6.07 Å². The molecule has 1 aromatic rings. The minimum absolute atomic E-state index is 0.408. The maximum atomic E-state index is 11.7. The number of rotatable bonds is 6. The Labute approximate surface area is 131 Å².